The number of nitrogens with one attached hydrogen (secondary N) is 3. The van der Waals surface area contributed by atoms with Gasteiger partial charge in [-0.3, -0.25) is 19.6 Å². The van der Waals surface area contributed by atoms with Crippen molar-refractivity contribution in [2.75, 3.05) is 26.7 Å². The predicted octanol–water partition coefficient (Wildman–Crippen LogP) is 1.93. The van der Waals surface area contributed by atoms with Crippen molar-refractivity contribution in [3.05, 3.63) is 35.9 Å². The highest BCUT2D eigenvalue weighted by Crippen LogP contribution is 2.21. The van der Waals surface area contributed by atoms with Gasteiger partial charge in [0.05, 0.1) is 0 Å². The van der Waals surface area contributed by atoms with E-state index in [1.807, 2.05) is 13.0 Å². The molecule has 0 aromatic heterocycles. The molecule has 1 aromatic rings. The molecule has 0 aliphatic carbocycles. The summed E-state index contributed by atoms with van der Waals surface area (Å²) in [6.07, 6.45) is 2.32. The summed E-state index contributed by atoms with van der Waals surface area (Å²) in [5, 5.41) is 9.62. The number of rotatable bonds is 8. The first kappa shape index (κ1) is 23.1. The molecule has 0 saturated carbocycles. The minimum Gasteiger partial charge on any atom is -0.356 e. The van der Waals surface area contributed by atoms with Crippen LogP contribution in [0.3, 0.4) is 0 Å². The smallest absolute Gasteiger partial charge is 0.325 e. The number of hydrogen-bond acceptors (Lipinski definition) is 4. The Labute approximate surface area is 185 Å². The van der Waals surface area contributed by atoms with Crippen molar-refractivity contribution in [2.24, 2.45) is 4.99 Å². The van der Waals surface area contributed by atoms with Gasteiger partial charge in [-0.1, -0.05) is 37.3 Å². The number of carbonyl (C=O) groups excluding carboxylic acids is 2. The van der Waals surface area contributed by atoms with Gasteiger partial charge in [0.25, 0.3) is 5.91 Å². The zero-order valence-electron chi connectivity index (χ0n) is 19.1. The molecule has 2 fully saturated rings. The standard InChI is InChI=1S/C23H36N6O2/c1-5-23(3)20(30)29(22(31)27-23)13-9-12-25-21(24-4)26-19-14-17(2)28(16-19)15-18-10-7-6-8-11-18/h6-8,10-11,17,19H,5,9,12-16H2,1-4H3,(H,27,31)(H2,24,25,26). The third-order valence-corrected chi connectivity index (χ3v) is 6.40. The average molecular weight is 429 g/mol. The van der Waals surface area contributed by atoms with E-state index in [0.29, 0.717) is 38.0 Å². The van der Waals surface area contributed by atoms with E-state index in [-0.39, 0.29) is 11.9 Å². The van der Waals surface area contributed by atoms with Gasteiger partial charge in [-0.15, -0.1) is 0 Å². The van der Waals surface area contributed by atoms with Crippen LogP contribution in [0.15, 0.2) is 35.3 Å². The van der Waals surface area contributed by atoms with Gasteiger partial charge in [-0.05, 0) is 38.7 Å². The summed E-state index contributed by atoms with van der Waals surface area (Å²) in [4.78, 5) is 32.7. The fraction of sp³-hybridized carbons (Fsp3) is 0.609. The number of amides is 3. The third kappa shape index (κ3) is 5.55. The van der Waals surface area contributed by atoms with E-state index in [1.54, 1.807) is 14.0 Å². The number of aliphatic imine (C=N–C) groups is 1. The fourth-order valence-electron chi connectivity index (χ4n) is 4.26. The molecule has 8 nitrogen and oxygen atoms in total. The zero-order chi connectivity index (χ0) is 22.4. The highest BCUT2D eigenvalue weighted by molar-refractivity contribution is 6.06. The number of likely N-dealkylation sites (tertiary alicyclic amines) is 1. The van der Waals surface area contributed by atoms with Gasteiger partial charge in [0.2, 0.25) is 0 Å². The summed E-state index contributed by atoms with van der Waals surface area (Å²) >= 11 is 0. The summed E-state index contributed by atoms with van der Waals surface area (Å²) < 4.78 is 0. The molecular weight excluding hydrogens is 392 g/mol. The van der Waals surface area contributed by atoms with Crippen LogP contribution >= 0.6 is 0 Å². The first-order valence-electron chi connectivity index (χ1n) is 11.3. The van der Waals surface area contributed by atoms with E-state index in [4.69, 9.17) is 0 Å². The van der Waals surface area contributed by atoms with Crippen molar-refractivity contribution in [3.8, 4) is 0 Å². The summed E-state index contributed by atoms with van der Waals surface area (Å²) in [5.41, 5.74) is 0.560. The molecule has 3 amide bonds. The molecule has 2 heterocycles. The molecular formula is C23H36N6O2. The maximum absolute atomic E-state index is 12.5. The maximum Gasteiger partial charge on any atom is 0.325 e. The minimum absolute atomic E-state index is 0.138. The van der Waals surface area contributed by atoms with Crippen LogP contribution in [-0.4, -0.2) is 72.0 Å². The first-order chi connectivity index (χ1) is 14.9. The summed E-state index contributed by atoms with van der Waals surface area (Å²) in [5.74, 6) is 0.621. The van der Waals surface area contributed by atoms with E-state index >= 15 is 0 Å². The maximum atomic E-state index is 12.5. The lowest BCUT2D eigenvalue weighted by atomic mass is 9.99. The normalized spacial score (nSPS) is 27.0. The molecule has 3 unspecified atom stereocenters. The largest absolute Gasteiger partial charge is 0.356 e. The molecule has 3 N–H and O–H groups in total. The molecule has 2 aliphatic rings. The third-order valence-electron chi connectivity index (χ3n) is 6.40. The molecule has 8 heteroatoms. The van der Waals surface area contributed by atoms with Crippen molar-refractivity contribution in [1.82, 2.24) is 25.8 Å². The molecule has 2 saturated heterocycles. The molecule has 0 bridgehead atoms. The molecule has 1 aromatic carbocycles. The van der Waals surface area contributed by atoms with E-state index in [1.165, 1.54) is 10.5 Å². The number of guanidine groups is 1. The zero-order valence-corrected chi connectivity index (χ0v) is 19.1. The minimum atomic E-state index is -0.771. The van der Waals surface area contributed by atoms with E-state index in [0.717, 1.165) is 25.5 Å². The molecule has 2 aliphatic heterocycles. The number of imide groups is 1. The number of hydrogen-bond donors (Lipinski definition) is 3. The van der Waals surface area contributed by atoms with Gasteiger partial charge < -0.3 is 16.0 Å². The average Bonchev–Trinajstić information content (AvgIpc) is 3.21. The van der Waals surface area contributed by atoms with Crippen LogP contribution in [-0.2, 0) is 11.3 Å². The SMILES string of the molecule is CCC1(C)NC(=O)N(CCCNC(=NC)NC2CC(C)N(Cc3ccccc3)C2)C1=O. The Kier molecular flexibility index (Phi) is 7.54. The van der Waals surface area contributed by atoms with Gasteiger partial charge in [0, 0.05) is 45.3 Å². The summed E-state index contributed by atoms with van der Waals surface area (Å²) in [7, 11) is 1.76. The Bertz CT molecular complexity index is 799. The van der Waals surface area contributed by atoms with Crippen molar-refractivity contribution in [1.29, 1.82) is 0 Å². The van der Waals surface area contributed by atoms with Crippen molar-refractivity contribution < 1.29 is 9.59 Å². The molecule has 3 rings (SSSR count). The van der Waals surface area contributed by atoms with Crippen LogP contribution in [0.25, 0.3) is 0 Å². The van der Waals surface area contributed by atoms with Crippen molar-refractivity contribution in [2.45, 2.75) is 64.2 Å². The van der Waals surface area contributed by atoms with Crippen LogP contribution in [0.4, 0.5) is 4.79 Å². The second kappa shape index (κ2) is 10.1. The number of carbonyl (C=O) groups is 2. The Morgan fingerprint density at radius 3 is 2.68 bits per heavy atom. The Morgan fingerprint density at radius 2 is 2.03 bits per heavy atom. The predicted molar refractivity (Wildman–Crippen MR) is 123 cm³/mol. The Morgan fingerprint density at radius 1 is 1.29 bits per heavy atom. The lowest BCUT2D eigenvalue weighted by Gasteiger charge is -2.21. The number of benzene rings is 1. The highest BCUT2D eigenvalue weighted by atomic mass is 16.2. The van der Waals surface area contributed by atoms with E-state index in [9.17, 15) is 9.59 Å². The number of urea groups is 1. The Balaban J connectivity index is 1.41. The monoisotopic (exact) mass is 428 g/mol. The lowest BCUT2D eigenvalue weighted by molar-refractivity contribution is -0.130. The van der Waals surface area contributed by atoms with Gasteiger partial charge in [-0.2, -0.15) is 0 Å². The summed E-state index contributed by atoms with van der Waals surface area (Å²) in [6, 6.07) is 11.1. The van der Waals surface area contributed by atoms with Crippen molar-refractivity contribution >= 4 is 17.9 Å². The second-order valence-corrected chi connectivity index (χ2v) is 8.77. The van der Waals surface area contributed by atoms with Gasteiger partial charge in [0.15, 0.2) is 5.96 Å². The quantitative estimate of drug-likeness (QED) is 0.255. The second-order valence-electron chi connectivity index (χ2n) is 8.77. The van der Waals surface area contributed by atoms with Gasteiger partial charge in [-0.25, -0.2) is 4.79 Å². The van der Waals surface area contributed by atoms with E-state index < -0.39 is 5.54 Å². The van der Waals surface area contributed by atoms with Crippen LogP contribution < -0.4 is 16.0 Å². The van der Waals surface area contributed by atoms with Gasteiger partial charge in [0.1, 0.15) is 5.54 Å². The van der Waals surface area contributed by atoms with Crippen LogP contribution in [0, 0.1) is 0 Å². The van der Waals surface area contributed by atoms with Crippen LogP contribution in [0.2, 0.25) is 0 Å². The first-order valence-corrected chi connectivity index (χ1v) is 11.3. The molecule has 170 valence electrons. The topological polar surface area (TPSA) is 89.1 Å². The van der Waals surface area contributed by atoms with Crippen molar-refractivity contribution in [3.63, 3.8) is 0 Å². The van der Waals surface area contributed by atoms with Crippen LogP contribution in [0.5, 0.6) is 0 Å². The summed E-state index contributed by atoms with van der Waals surface area (Å²) in [6.45, 7) is 8.91. The number of nitrogens with zero attached hydrogens (tertiary/aromatic N) is 3. The fourth-order valence-corrected chi connectivity index (χ4v) is 4.26. The molecule has 31 heavy (non-hydrogen) atoms. The van der Waals surface area contributed by atoms with Gasteiger partial charge >= 0.3 is 6.03 Å². The van der Waals surface area contributed by atoms with E-state index in [2.05, 4.69) is 57.0 Å². The molecule has 3 atom stereocenters. The lowest BCUT2D eigenvalue weighted by Crippen LogP contribution is -2.45. The highest BCUT2D eigenvalue weighted by Gasteiger charge is 2.45. The van der Waals surface area contributed by atoms with Crippen LogP contribution in [0.1, 0.15) is 45.6 Å². The Hall–Kier alpha value is -2.61. The molecule has 0 spiro atoms. The molecule has 0 radical (unpaired) electrons.